The molecule has 8 rings (SSSR count). The number of aliphatic hydroxyl groups is 1. The molecule has 0 spiro atoms. The van der Waals surface area contributed by atoms with Gasteiger partial charge < -0.3 is 25.2 Å². The highest BCUT2D eigenvalue weighted by molar-refractivity contribution is 5.95. The molecule has 2 aliphatic carbocycles. The summed E-state index contributed by atoms with van der Waals surface area (Å²) >= 11 is 0. The number of para-hydroxylation sites is 1. The number of fused-ring (bicyclic) bond motifs is 2. The molecule has 1 aromatic carbocycles. The van der Waals surface area contributed by atoms with Crippen molar-refractivity contribution in [2.45, 2.75) is 75.7 Å². The number of rotatable bonds is 6. The van der Waals surface area contributed by atoms with Gasteiger partial charge >= 0.3 is 6.18 Å². The van der Waals surface area contributed by atoms with Crippen molar-refractivity contribution < 1.29 is 27.9 Å². The molecule has 47 heavy (non-hydrogen) atoms. The lowest BCUT2D eigenvalue weighted by Gasteiger charge is -2.48. The van der Waals surface area contributed by atoms with Crippen LogP contribution in [0.3, 0.4) is 0 Å². The van der Waals surface area contributed by atoms with Gasteiger partial charge in [0.2, 0.25) is 5.91 Å². The SMILES string of the molecule is Cc1c(-c2cc3cccc(C4CN(C(=O)C5CC(O)(C(F)(F)F)C5)C4)c3n2CC2CC2)nn2cc(C(=O)N3CCC[C@@H](N)C3)ccc12. The van der Waals surface area contributed by atoms with E-state index in [-0.39, 0.29) is 23.8 Å². The first-order chi connectivity index (χ1) is 22.4. The second kappa shape index (κ2) is 10.8. The number of pyridine rings is 1. The van der Waals surface area contributed by atoms with E-state index in [9.17, 15) is 27.9 Å². The topological polar surface area (TPSA) is 109 Å². The van der Waals surface area contributed by atoms with E-state index in [0.29, 0.717) is 37.7 Å². The van der Waals surface area contributed by atoms with Gasteiger partial charge in [0.1, 0.15) is 5.69 Å². The summed E-state index contributed by atoms with van der Waals surface area (Å²) in [5, 5.41) is 15.9. The summed E-state index contributed by atoms with van der Waals surface area (Å²) in [5.41, 5.74) is 9.99. The number of benzene rings is 1. The Kier molecular flexibility index (Phi) is 7.00. The van der Waals surface area contributed by atoms with Gasteiger partial charge in [0.15, 0.2) is 5.60 Å². The Bertz CT molecular complexity index is 1900. The van der Waals surface area contributed by atoms with Crippen LogP contribution in [0.2, 0.25) is 0 Å². The third-order valence-electron chi connectivity index (χ3n) is 10.9. The summed E-state index contributed by atoms with van der Waals surface area (Å²) in [4.78, 5) is 29.7. The maximum Gasteiger partial charge on any atom is 0.417 e. The van der Waals surface area contributed by atoms with Crippen LogP contribution in [-0.4, -0.2) is 84.9 Å². The van der Waals surface area contributed by atoms with E-state index < -0.39 is 30.5 Å². The van der Waals surface area contributed by atoms with Gasteiger partial charge in [0, 0.05) is 67.7 Å². The molecule has 1 atom stereocenters. The Hall–Kier alpha value is -3.90. The fourth-order valence-corrected chi connectivity index (χ4v) is 7.82. The number of nitrogens with zero attached hydrogens (tertiary/aromatic N) is 5. The maximum absolute atomic E-state index is 13.3. The summed E-state index contributed by atoms with van der Waals surface area (Å²) in [6.07, 6.45) is 0.0988. The van der Waals surface area contributed by atoms with E-state index in [1.54, 1.807) is 9.42 Å². The van der Waals surface area contributed by atoms with Crippen molar-refractivity contribution >= 4 is 28.2 Å². The molecule has 248 valence electrons. The van der Waals surface area contributed by atoms with E-state index in [0.717, 1.165) is 71.2 Å². The van der Waals surface area contributed by atoms with Gasteiger partial charge in [-0.2, -0.15) is 18.3 Å². The predicted molar refractivity (Wildman–Crippen MR) is 170 cm³/mol. The minimum absolute atomic E-state index is 0.000624. The van der Waals surface area contributed by atoms with Crippen molar-refractivity contribution in [3.05, 3.63) is 59.3 Å². The summed E-state index contributed by atoms with van der Waals surface area (Å²) in [6.45, 7) is 5.03. The fourth-order valence-electron chi connectivity index (χ4n) is 7.82. The zero-order valence-corrected chi connectivity index (χ0v) is 26.3. The molecule has 2 aliphatic heterocycles. The zero-order chi connectivity index (χ0) is 32.8. The third kappa shape index (κ3) is 5.11. The lowest BCUT2D eigenvalue weighted by Crippen LogP contribution is -2.61. The van der Waals surface area contributed by atoms with Crippen LogP contribution in [-0.2, 0) is 11.3 Å². The van der Waals surface area contributed by atoms with E-state index in [4.69, 9.17) is 10.8 Å². The fraction of sp³-hybridized carbons (Fsp3) is 0.514. The van der Waals surface area contributed by atoms with Gasteiger partial charge in [0.05, 0.1) is 22.3 Å². The molecule has 4 aliphatic rings. The number of carbonyl (C=O) groups excluding carboxylic acids is 2. The molecule has 5 heterocycles. The van der Waals surface area contributed by atoms with Crippen LogP contribution in [0.5, 0.6) is 0 Å². The standard InChI is InChI=1S/C35H39F3N6O3/c1-20-28-10-9-23(32(45)41-11-3-5-26(39)19-41)18-44(28)40-30(20)29-12-22-4-2-6-27(31(22)43(29)15-21-7-8-21)25-16-42(17-25)33(46)24-13-34(47,14-24)35(36,37)38/h2,4,6,9-10,12,18,21,24-26,47H,3,5,7-8,11,13-17,19,39H2,1H3/t24?,26-,34?/m1/s1. The van der Waals surface area contributed by atoms with Gasteiger partial charge in [-0.05, 0) is 75.1 Å². The largest absolute Gasteiger partial charge is 0.417 e. The van der Waals surface area contributed by atoms with Crippen LogP contribution in [0.25, 0.3) is 27.8 Å². The van der Waals surface area contributed by atoms with Crippen LogP contribution in [0, 0.1) is 18.8 Å². The number of halogens is 3. The van der Waals surface area contributed by atoms with E-state index in [1.807, 2.05) is 29.3 Å². The molecule has 2 saturated heterocycles. The molecule has 2 saturated carbocycles. The smallest absolute Gasteiger partial charge is 0.380 e. The van der Waals surface area contributed by atoms with E-state index in [2.05, 4.69) is 29.7 Å². The normalized spacial score (nSPS) is 25.3. The Morgan fingerprint density at radius 3 is 2.53 bits per heavy atom. The predicted octanol–water partition coefficient (Wildman–Crippen LogP) is 4.87. The monoisotopic (exact) mass is 648 g/mol. The van der Waals surface area contributed by atoms with Crippen molar-refractivity contribution in [2.75, 3.05) is 26.2 Å². The Morgan fingerprint density at radius 1 is 1.06 bits per heavy atom. The summed E-state index contributed by atoms with van der Waals surface area (Å²) < 4.78 is 43.5. The number of likely N-dealkylation sites (tertiary alicyclic amines) is 2. The number of alkyl halides is 3. The van der Waals surface area contributed by atoms with Crippen LogP contribution < -0.4 is 5.73 Å². The van der Waals surface area contributed by atoms with Gasteiger partial charge in [-0.3, -0.25) is 9.59 Å². The summed E-state index contributed by atoms with van der Waals surface area (Å²) in [6, 6.07) is 12.2. The van der Waals surface area contributed by atoms with Crippen molar-refractivity contribution in [3.8, 4) is 11.4 Å². The molecule has 9 nitrogen and oxygen atoms in total. The second-order valence-electron chi connectivity index (χ2n) is 14.3. The second-order valence-corrected chi connectivity index (χ2v) is 14.3. The average Bonchev–Trinajstić information content (AvgIpc) is 3.66. The first kappa shape index (κ1) is 30.4. The van der Waals surface area contributed by atoms with Crippen LogP contribution in [0.15, 0.2) is 42.6 Å². The maximum atomic E-state index is 13.3. The summed E-state index contributed by atoms with van der Waals surface area (Å²) in [7, 11) is 0. The number of hydrogen-bond donors (Lipinski definition) is 2. The lowest BCUT2D eigenvalue weighted by atomic mass is 9.69. The number of hydrogen-bond acceptors (Lipinski definition) is 5. The number of carbonyl (C=O) groups is 2. The van der Waals surface area contributed by atoms with Crippen molar-refractivity contribution in [1.82, 2.24) is 24.0 Å². The molecular weight excluding hydrogens is 609 g/mol. The quantitative estimate of drug-likeness (QED) is 0.310. The van der Waals surface area contributed by atoms with Gasteiger partial charge in [0.25, 0.3) is 5.91 Å². The van der Waals surface area contributed by atoms with Gasteiger partial charge in [-0.15, -0.1) is 0 Å². The average molecular weight is 649 g/mol. The first-order valence-electron chi connectivity index (χ1n) is 16.6. The van der Waals surface area contributed by atoms with Gasteiger partial charge in [-0.1, -0.05) is 18.2 Å². The van der Waals surface area contributed by atoms with Crippen LogP contribution in [0.1, 0.15) is 65.9 Å². The lowest BCUT2D eigenvalue weighted by molar-refractivity contribution is -0.297. The molecule has 2 amide bonds. The molecule has 3 aromatic heterocycles. The molecule has 4 fully saturated rings. The van der Waals surface area contributed by atoms with Crippen LogP contribution in [0.4, 0.5) is 13.2 Å². The zero-order valence-electron chi connectivity index (χ0n) is 26.3. The Morgan fingerprint density at radius 2 is 1.83 bits per heavy atom. The Balaban J connectivity index is 1.08. The number of aromatic nitrogens is 3. The molecular formula is C35H39F3N6O3. The highest BCUT2D eigenvalue weighted by Crippen LogP contribution is 2.50. The first-order valence-corrected chi connectivity index (χ1v) is 16.6. The Labute approximate surface area is 270 Å². The minimum atomic E-state index is -4.72. The van der Waals surface area contributed by atoms with E-state index >= 15 is 0 Å². The highest BCUT2D eigenvalue weighted by Gasteiger charge is 2.63. The summed E-state index contributed by atoms with van der Waals surface area (Å²) in [5.74, 6) is -0.512. The molecule has 0 unspecified atom stereocenters. The van der Waals surface area contributed by atoms with Gasteiger partial charge in [-0.25, -0.2) is 4.52 Å². The highest BCUT2D eigenvalue weighted by atomic mass is 19.4. The van der Waals surface area contributed by atoms with E-state index in [1.165, 1.54) is 0 Å². The number of aryl methyl sites for hydroxylation is 1. The van der Waals surface area contributed by atoms with Crippen LogP contribution >= 0.6 is 0 Å². The molecule has 0 radical (unpaired) electrons. The number of piperidine rings is 1. The molecule has 3 N–H and O–H groups in total. The molecule has 4 aromatic rings. The van der Waals surface area contributed by atoms with Crippen molar-refractivity contribution in [3.63, 3.8) is 0 Å². The number of nitrogens with two attached hydrogens (primary N) is 1. The molecule has 0 bridgehead atoms. The van der Waals surface area contributed by atoms with Crippen molar-refractivity contribution in [1.29, 1.82) is 0 Å². The van der Waals surface area contributed by atoms with Crippen molar-refractivity contribution in [2.24, 2.45) is 17.6 Å². The minimum Gasteiger partial charge on any atom is -0.380 e. The molecule has 12 heteroatoms. The third-order valence-corrected chi connectivity index (χ3v) is 10.9. The number of amides is 2.